The van der Waals surface area contributed by atoms with Crippen molar-refractivity contribution in [2.45, 2.75) is 13.5 Å². The largest absolute Gasteiger partial charge is 0.493 e. The zero-order chi connectivity index (χ0) is 11.5. The van der Waals surface area contributed by atoms with Crippen LogP contribution in [0, 0.1) is 0 Å². The van der Waals surface area contributed by atoms with Gasteiger partial charge in [-0.3, -0.25) is 9.48 Å². The third kappa shape index (κ3) is 1.69. The molecule has 0 spiro atoms. The van der Waals surface area contributed by atoms with Crippen molar-refractivity contribution >= 4 is 17.5 Å². The third-order valence-electron chi connectivity index (χ3n) is 2.13. The summed E-state index contributed by atoms with van der Waals surface area (Å²) in [7, 11) is 1.51. The summed E-state index contributed by atoms with van der Waals surface area (Å²) in [4.78, 5) is 12.1. The Balaban J connectivity index is 2.46. The molecule has 0 aromatic carbocycles. The van der Waals surface area contributed by atoms with Crippen LogP contribution in [0.5, 0.6) is 5.75 Å². The van der Waals surface area contributed by atoms with Crippen molar-refractivity contribution in [2.75, 3.05) is 7.11 Å². The standard InChI is InChI=1S/C9H10N4O2S/c1-3-13-8(7(15-2)5-10-13)9(14)6-4-11-16-12-6/h4-5H,3H2,1-2H3. The summed E-state index contributed by atoms with van der Waals surface area (Å²) < 4.78 is 14.4. The Hall–Kier alpha value is -1.76. The van der Waals surface area contributed by atoms with E-state index in [1.165, 1.54) is 19.5 Å². The number of aryl methyl sites for hydroxylation is 1. The number of carbonyl (C=O) groups is 1. The number of rotatable bonds is 4. The number of hydrogen-bond donors (Lipinski definition) is 0. The molecule has 0 saturated heterocycles. The molecule has 0 saturated carbocycles. The molecule has 0 atom stereocenters. The summed E-state index contributed by atoms with van der Waals surface area (Å²) in [6, 6.07) is 0. The van der Waals surface area contributed by atoms with Crippen LogP contribution >= 0.6 is 11.7 Å². The fraction of sp³-hybridized carbons (Fsp3) is 0.333. The molecule has 2 aromatic rings. The molecule has 0 radical (unpaired) electrons. The lowest BCUT2D eigenvalue weighted by Gasteiger charge is -2.03. The van der Waals surface area contributed by atoms with Gasteiger partial charge in [0.1, 0.15) is 5.69 Å². The highest BCUT2D eigenvalue weighted by molar-refractivity contribution is 6.99. The first-order valence-corrected chi connectivity index (χ1v) is 5.43. The monoisotopic (exact) mass is 238 g/mol. The van der Waals surface area contributed by atoms with E-state index in [9.17, 15) is 4.79 Å². The van der Waals surface area contributed by atoms with Crippen LogP contribution in [0.25, 0.3) is 0 Å². The predicted molar refractivity (Wildman–Crippen MR) is 57.8 cm³/mol. The quantitative estimate of drug-likeness (QED) is 0.743. The predicted octanol–water partition coefficient (Wildman–Crippen LogP) is 0.994. The third-order valence-corrected chi connectivity index (χ3v) is 2.61. The van der Waals surface area contributed by atoms with E-state index in [0.29, 0.717) is 23.7 Å². The number of aromatic nitrogens is 4. The summed E-state index contributed by atoms with van der Waals surface area (Å²) in [6.07, 6.45) is 2.97. The minimum atomic E-state index is -0.218. The van der Waals surface area contributed by atoms with Crippen LogP contribution in [0.15, 0.2) is 12.4 Å². The molecule has 0 amide bonds. The number of nitrogens with zero attached hydrogens (tertiary/aromatic N) is 4. The van der Waals surface area contributed by atoms with Crippen molar-refractivity contribution in [1.82, 2.24) is 18.5 Å². The Bertz CT molecular complexity index is 470. The molecule has 0 aliphatic carbocycles. The van der Waals surface area contributed by atoms with Gasteiger partial charge in [-0.15, -0.1) is 0 Å². The van der Waals surface area contributed by atoms with Gasteiger partial charge in [0.25, 0.3) is 0 Å². The van der Waals surface area contributed by atoms with E-state index in [1.54, 1.807) is 4.68 Å². The van der Waals surface area contributed by atoms with E-state index in [2.05, 4.69) is 13.8 Å². The van der Waals surface area contributed by atoms with Gasteiger partial charge in [0, 0.05) is 6.54 Å². The topological polar surface area (TPSA) is 69.9 Å². The number of ketones is 1. The molecule has 0 aliphatic rings. The zero-order valence-corrected chi connectivity index (χ0v) is 9.69. The van der Waals surface area contributed by atoms with Crippen LogP contribution in [-0.4, -0.2) is 31.4 Å². The molecule has 16 heavy (non-hydrogen) atoms. The Kier molecular flexibility index (Phi) is 2.95. The van der Waals surface area contributed by atoms with E-state index in [-0.39, 0.29) is 5.78 Å². The Labute approximate surface area is 96.2 Å². The lowest BCUT2D eigenvalue weighted by atomic mass is 10.2. The average molecular weight is 238 g/mol. The fourth-order valence-corrected chi connectivity index (χ4v) is 1.78. The summed E-state index contributed by atoms with van der Waals surface area (Å²) in [5, 5.41) is 4.06. The smallest absolute Gasteiger partial charge is 0.235 e. The van der Waals surface area contributed by atoms with Gasteiger partial charge in [-0.2, -0.15) is 13.8 Å². The minimum absolute atomic E-state index is 0.218. The van der Waals surface area contributed by atoms with Gasteiger partial charge in [-0.1, -0.05) is 0 Å². The lowest BCUT2D eigenvalue weighted by Crippen LogP contribution is -2.11. The molecule has 0 fully saturated rings. The van der Waals surface area contributed by atoms with E-state index >= 15 is 0 Å². The van der Waals surface area contributed by atoms with Crippen molar-refractivity contribution in [3.8, 4) is 5.75 Å². The average Bonchev–Trinajstić information content (AvgIpc) is 2.96. The molecule has 2 rings (SSSR count). The Morgan fingerprint density at radius 1 is 1.56 bits per heavy atom. The second-order valence-electron chi connectivity index (χ2n) is 3.00. The van der Waals surface area contributed by atoms with Gasteiger partial charge >= 0.3 is 0 Å². The van der Waals surface area contributed by atoms with Gasteiger partial charge < -0.3 is 4.74 Å². The van der Waals surface area contributed by atoms with Gasteiger partial charge in [0.15, 0.2) is 11.4 Å². The highest BCUT2D eigenvalue weighted by atomic mass is 32.1. The first kappa shape index (κ1) is 10.7. The minimum Gasteiger partial charge on any atom is -0.493 e. The summed E-state index contributed by atoms with van der Waals surface area (Å²) >= 11 is 1.00. The highest BCUT2D eigenvalue weighted by Crippen LogP contribution is 2.20. The number of methoxy groups -OCH3 is 1. The van der Waals surface area contributed by atoms with Crippen molar-refractivity contribution in [3.05, 3.63) is 23.8 Å². The Morgan fingerprint density at radius 2 is 2.38 bits per heavy atom. The zero-order valence-electron chi connectivity index (χ0n) is 8.88. The molecule has 6 nitrogen and oxygen atoms in total. The summed E-state index contributed by atoms with van der Waals surface area (Å²) in [5.41, 5.74) is 0.733. The van der Waals surface area contributed by atoms with Gasteiger partial charge in [0.2, 0.25) is 5.78 Å². The molecular weight excluding hydrogens is 228 g/mol. The van der Waals surface area contributed by atoms with E-state index in [1.807, 2.05) is 6.92 Å². The van der Waals surface area contributed by atoms with Crippen LogP contribution in [0.1, 0.15) is 23.1 Å². The number of carbonyl (C=O) groups excluding carboxylic acids is 1. The molecule has 0 unspecified atom stereocenters. The van der Waals surface area contributed by atoms with Gasteiger partial charge in [-0.25, -0.2) is 0 Å². The first-order valence-electron chi connectivity index (χ1n) is 4.70. The second-order valence-corrected chi connectivity index (χ2v) is 3.56. The van der Waals surface area contributed by atoms with Crippen molar-refractivity contribution in [3.63, 3.8) is 0 Å². The molecule has 0 bridgehead atoms. The highest BCUT2D eigenvalue weighted by Gasteiger charge is 2.22. The lowest BCUT2D eigenvalue weighted by molar-refractivity contribution is 0.102. The molecule has 2 aromatic heterocycles. The molecular formula is C9H10N4O2S. The SMILES string of the molecule is CCn1ncc(OC)c1C(=O)c1cnsn1. The van der Waals surface area contributed by atoms with Crippen LogP contribution in [0.2, 0.25) is 0 Å². The maximum absolute atomic E-state index is 12.1. The molecule has 0 N–H and O–H groups in total. The Morgan fingerprint density at radius 3 is 2.94 bits per heavy atom. The van der Waals surface area contributed by atoms with Gasteiger partial charge in [0.05, 0.1) is 31.2 Å². The van der Waals surface area contributed by atoms with Crippen molar-refractivity contribution < 1.29 is 9.53 Å². The second kappa shape index (κ2) is 4.40. The summed E-state index contributed by atoms with van der Waals surface area (Å²) in [6.45, 7) is 2.50. The number of hydrogen-bond acceptors (Lipinski definition) is 6. The van der Waals surface area contributed by atoms with Crippen LogP contribution in [0.4, 0.5) is 0 Å². The van der Waals surface area contributed by atoms with Crippen molar-refractivity contribution in [2.24, 2.45) is 0 Å². The summed E-state index contributed by atoms with van der Waals surface area (Å²) in [5.74, 6) is 0.241. The first-order chi connectivity index (χ1) is 7.77. The molecule has 2 heterocycles. The van der Waals surface area contributed by atoms with Crippen molar-refractivity contribution in [1.29, 1.82) is 0 Å². The molecule has 0 aliphatic heterocycles. The molecule has 84 valence electrons. The van der Waals surface area contributed by atoms with E-state index < -0.39 is 0 Å². The van der Waals surface area contributed by atoms with Crippen LogP contribution < -0.4 is 4.74 Å². The number of ether oxygens (including phenoxy) is 1. The van der Waals surface area contributed by atoms with Gasteiger partial charge in [-0.05, 0) is 6.92 Å². The van der Waals surface area contributed by atoms with Crippen LogP contribution in [0.3, 0.4) is 0 Å². The van der Waals surface area contributed by atoms with E-state index in [0.717, 1.165) is 11.7 Å². The maximum atomic E-state index is 12.1. The normalized spacial score (nSPS) is 10.4. The molecule has 7 heteroatoms. The van der Waals surface area contributed by atoms with E-state index in [4.69, 9.17) is 4.74 Å². The maximum Gasteiger partial charge on any atom is 0.235 e. The van der Waals surface area contributed by atoms with Crippen LogP contribution in [-0.2, 0) is 6.54 Å². The fourth-order valence-electron chi connectivity index (χ4n) is 1.37.